The van der Waals surface area contributed by atoms with Crippen LogP contribution in [-0.4, -0.2) is 32.6 Å². The number of H-pyrrole nitrogens is 1. The largest absolute Gasteiger partial charge is 0.352 e. The minimum Gasteiger partial charge on any atom is -0.352 e. The van der Waals surface area contributed by atoms with Gasteiger partial charge in [-0.25, -0.2) is 4.79 Å². The summed E-state index contributed by atoms with van der Waals surface area (Å²) in [5, 5.41) is 0. The Morgan fingerprint density at radius 2 is 2.23 bits per heavy atom. The van der Waals surface area contributed by atoms with Gasteiger partial charge in [-0.1, -0.05) is 30.5 Å². The molecule has 9 heteroatoms. The van der Waals surface area contributed by atoms with E-state index in [1.54, 1.807) is 13.1 Å². The highest BCUT2D eigenvalue weighted by atomic mass is 32.7. The molecule has 4 rings (SSSR count). The van der Waals surface area contributed by atoms with Crippen LogP contribution in [0.1, 0.15) is 64.7 Å². The van der Waals surface area contributed by atoms with Crippen molar-refractivity contribution in [1.82, 2.24) is 9.55 Å². The van der Waals surface area contributed by atoms with Crippen molar-refractivity contribution in [2.45, 2.75) is 89.1 Å². The molecular formula is C21H31N2O5PS. The number of aromatic amines is 1. The highest BCUT2D eigenvalue weighted by Crippen LogP contribution is 2.70. The van der Waals surface area contributed by atoms with Gasteiger partial charge >= 0.3 is 5.69 Å². The molecule has 2 aliphatic heterocycles. The van der Waals surface area contributed by atoms with Crippen LogP contribution in [0.4, 0.5) is 0 Å². The fraction of sp³-hybridized carbons (Fsp3) is 0.714. The van der Waals surface area contributed by atoms with Gasteiger partial charge in [-0.3, -0.25) is 14.3 Å². The molecule has 1 aromatic rings. The molecule has 7 nitrogen and oxygen atoms in total. The number of aromatic nitrogens is 2. The first-order valence-corrected chi connectivity index (χ1v) is 13.3. The predicted octanol–water partition coefficient (Wildman–Crippen LogP) is 4.42. The summed E-state index contributed by atoms with van der Waals surface area (Å²) >= 11 is 1.83. The van der Waals surface area contributed by atoms with Crippen LogP contribution in [0.5, 0.6) is 0 Å². The SMILES string of the molecule is C=C(C)C1CC[C@]2(C)S[P@@](OC3C[C@H](n4cc(C)c(=O)[nH]c4=O)O[C@@H]3CC)O[C@H]2C1. The predicted molar refractivity (Wildman–Crippen MR) is 120 cm³/mol. The molecule has 2 unspecified atom stereocenters. The van der Waals surface area contributed by atoms with Crippen molar-refractivity contribution in [3.05, 3.63) is 44.8 Å². The average molecular weight is 455 g/mol. The molecule has 0 radical (unpaired) electrons. The molecule has 30 heavy (non-hydrogen) atoms. The molecule has 166 valence electrons. The summed E-state index contributed by atoms with van der Waals surface area (Å²) in [6.45, 7) is 12.3. The molecule has 0 amide bonds. The van der Waals surface area contributed by atoms with Gasteiger partial charge in [0.05, 0.1) is 18.3 Å². The van der Waals surface area contributed by atoms with E-state index >= 15 is 0 Å². The van der Waals surface area contributed by atoms with Gasteiger partial charge in [0, 0.05) is 22.9 Å². The van der Waals surface area contributed by atoms with Gasteiger partial charge in [-0.2, -0.15) is 0 Å². The second-order valence-corrected chi connectivity index (χ2v) is 12.4. The Labute approximate surface area is 182 Å². The number of rotatable bonds is 5. The summed E-state index contributed by atoms with van der Waals surface area (Å²) in [6.07, 6.45) is 5.67. The first kappa shape index (κ1) is 22.3. The highest BCUT2D eigenvalue weighted by Gasteiger charge is 2.52. The quantitative estimate of drug-likeness (QED) is 0.524. The summed E-state index contributed by atoms with van der Waals surface area (Å²) in [5.74, 6) is 0.525. The number of ether oxygens (including phenoxy) is 1. The van der Waals surface area contributed by atoms with Crippen LogP contribution in [-0.2, 0) is 13.8 Å². The van der Waals surface area contributed by atoms with Gasteiger partial charge in [0.1, 0.15) is 6.23 Å². The standard InChI is InChI=1S/C21H31N2O5PS/c1-6-15-16(10-18(26-15)23-11-13(4)19(24)22-20(23)25)27-29-28-17-9-14(12(2)3)7-8-21(17,5)30-29/h11,14-18H,2,6-10H2,1,3-5H3,(H,22,24,25)/t14?,15-,16?,17+,18-,21+,29+/m1/s1. The van der Waals surface area contributed by atoms with Crippen molar-refractivity contribution in [2.24, 2.45) is 5.92 Å². The number of hydrogen-bond acceptors (Lipinski definition) is 6. The van der Waals surface area contributed by atoms with E-state index < -0.39 is 19.5 Å². The van der Waals surface area contributed by atoms with E-state index in [1.165, 1.54) is 10.1 Å². The van der Waals surface area contributed by atoms with Crippen molar-refractivity contribution >= 4 is 19.0 Å². The van der Waals surface area contributed by atoms with Crippen molar-refractivity contribution in [3.8, 4) is 0 Å². The Hall–Kier alpha value is -0.920. The monoisotopic (exact) mass is 454 g/mol. The zero-order valence-corrected chi connectivity index (χ0v) is 19.8. The van der Waals surface area contributed by atoms with E-state index in [9.17, 15) is 9.59 Å². The first-order valence-electron chi connectivity index (χ1n) is 10.7. The zero-order chi connectivity index (χ0) is 21.6. The molecule has 3 fully saturated rings. The Bertz CT molecular complexity index is 933. The average Bonchev–Trinajstić information content (AvgIpc) is 3.23. The van der Waals surface area contributed by atoms with Gasteiger partial charge in [0.15, 0.2) is 0 Å². The number of aryl methyl sites for hydroxylation is 1. The second kappa shape index (κ2) is 8.55. The van der Waals surface area contributed by atoms with Gasteiger partial charge in [-0.15, -0.1) is 0 Å². The lowest BCUT2D eigenvalue weighted by Crippen LogP contribution is -2.39. The normalized spacial score (nSPS) is 38.5. The van der Waals surface area contributed by atoms with Gasteiger partial charge in [-0.05, 0) is 52.4 Å². The minimum atomic E-state index is -1.07. The van der Waals surface area contributed by atoms with Crippen LogP contribution in [0, 0.1) is 12.8 Å². The van der Waals surface area contributed by atoms with E-state index in [0.29, 0.717) is 17.9 Å². The highest BCUT2D eigenvalue weighted by molar-refractivity contribution is 8.54. The molecule has 0 spiro atoms. The molecular weight excluding hydrogens is 423 g/mol. The van der Waals surface area contributed by atoms with E-state index in [2.05, 4.69) is 32.3 Å². The third kappa shape index (κ3) is 4.22. The Morgan fingerprint density at radius 3 is 2.93 bits per heavy atom. The van der Waals surface area contributed by atoms with Crippen molar-refractivity contribution in [2.75, 3.05) is 0 Å². The summed E-state index contributed by atoms with van der Waals surface area (Å²) in [4.78, 5) is 26.3. The molecule has 1 aliphatic carbocycles. The van der Waals surface area contributed by atoms with Gasteiger partial charge < -0.3 is 13.8 Å². The zero-order valence-electron chi connectivity index (χ0n) is 18.1. The molecule has 1 saturated carbocycles. The smallest absolute Gasteiger partial charge is 0.330 e. The van der Waals surface area contributed by atoms with Crippen molar-refractivity contribution in [3.63, 3.8) is 0 Å². The minimum absolute atomic E-state index is 0.0885. The summed E-state index contributed by atoms with van der Waals surface area (Å²) < 4.78 is 20.5. The first-order chi connectivity index (χ1) is 14.2. The number of allylic oxidation sites excluding steroid dienone is 1. The molecule has 1 N–H and O–H groups in total. The summed E-state index contributed by atoms with van der Waals surface area (Å²) in [7, 11) is -1.07. The summed E-state index contributed by atoms with van der Waals surface area (Å²) in [5.41, 5.74) is 0.908. The molecule has 7 atom stereocenters. The lowest BCUT2D eigenvalue weighted by atomic mass is 9.77. The Kier molecular flexibility index (Phi) is 6.35. The third-order valence-corrected chi connectivity index (χ3v) is 10.7. The Balaban J connectivity index is 1.45. The van der Waals surface area contributed by atoms with Crippen LogP contribution < -0.4 is 11.2 Å². The maximum absolute atomic E-state index is 12.3. The van der Waals surface area contributed by atoms with E-state index in [0.717, 1.165) is 25.7 Å². The van der Waals surface area contributed by atoms with Crippen molar-refractivity contribution < 1.29 is 13.8 Å². The van der Waals surface area contributed by atoms with Crippen LogP contribution in [0.2, 0.25) is 0 Å². The lowest BCUT2D eigenvalue weighted by molar-refractivity contribution is -0.0187. The topological polar surface area (TPSA) is 82.6 Å². The molecule has 0 bridgehead atoms. The molecule has 3 heterocycles. The molecule has 1 aromatic heterocycles. The number of nitrogens with zero attached hydrogens (tertiary/aromatic N) is 1. The molecule has 2 saturated heterocycles. The number of hydrogen-bond donors (Lipinski definition) is 1. The van der Waals surface area contributed by atoms with Crippen LogP contribution in [0.25, 0.3) is 0 Å². The van der Waals surface area contributed by atoms with E-state index in [-0.39, 0.29) is 28.6 Å². The van der Waals surface area contributed by atoms with E-state index in [4.69, 9.17) is 13.8 Å². The lowest BCUT2D eigenvalue weighted by Gasteiger charge is -2.37. The number of nitrogens with one attached hydrogen (secondary N) is 1. The Morgan fingerprint density at radius 1 is 1.47 bits per heavy atom. The van der Waals surface area contributed by atoms with E-state index in [1.807, 2.05) is 11.4 Å². The van der Waals surface area contributed by atoms with Gasteiger partial charge in [0.2, 0.25) is 7.58 Å². The molecule has 0 aromatic carbocycles. The fourth-order valence-corrected chi connectivity index (χ4v) is 9.09. The third-order valence-electron chi connectivity index (χ3n) is 6.62. The van der Waals surface area contributed by atoms with Crippen LogP contribution >= 0.6 is 19.0 Å². The fourth-order valence-electron chi connectivity index (χ4n) is 4.55. The van der Waals surface area contributed by atoms with Gasteiger partial charge in [0.25, 0.3) is 5.56 Å². The maximum Gasteiger partial charge on any atom is 0.330 e. The van der Waals surface area contributed by atoms with Crippen molar-refractivity contribution in [1.29, 1.82) is 0 Å². The maximum atomic E-state index is 12.3. The van der Waals surface area contributed by atoms with Crippen LogP contribution in [0.3, 0.4) is 0 Å². The number of fused-ring (bicyclic) bond motifs is 1. The second-order valence-electron chi connectivity index (χ2n) is 8.93. The molecule has 3 aliphatic rings. The summed E-state index contributed by atoms with van der Waals surface area (Å²) in [6, 6.07) is 0. The van der Waals surface area contributed by atoms with Crippen LogP contribution in [0.15, 0.2) is 27.9 Å².